The molecule has 2 aromatic carbocycles. The number of rotatable bonds is 5. The van der Waals surface area contributed by atoms with Crippen molar-refractivity contribution in [2.45, 2.75) is 17.6 Å². The molecule has 0 aliphatic heterocycles. The van der Waals surface area contributed by atoms with Gasteiger partial charge < -0.3 is 4.74 Å². The number of aryl methyl sites for hydroxylation is 1. The molecule has 0 aliphatic rings. The van der Waals surface area contributed by atoms with Crippen LogP contribution in [0, 0.1) is 6.92 Å². The van der Waals surface area contributed by atoms with Crippen LogP contribution in [0.2, 0.25) is 15.1 Å². The van der Waals surface area contributed by atoms with Gasteiger partial charge >= 0.3 is 0 Å². The molecular weight excluding hydrogens is 431 g/mol. The summed E-state index contributed by atoms with van der Waals surface area (Å²) in [5.41, 5.74) is 0.303. The molecule has 1 aromatic heterocycles. The van der Waals surface area contributed by atoms with Crippen molar-refractivity contribution in [1.29, 1.82) is 0 Å². The fourth-order valence-corrected chi connectivity index (χ4v) is 4.14. The summed E-state index contributed by atoms with van der Waals surface area (Å²) in [7, 11) is -3.60. The van der Waals surface area contributed by atoms with Gasteiger partial charge in [0, 0.05) is 16.1 Å². The predicted octanol–water partition coefficient (Wildman–Crippen LogP) is 5.51. The summed E-state index contributed by atoms with van der Waals surface area (Å²) in [6.07, 6.45) is 0. The lowest BCUT2D eigenvalue weighted by molar-refractivity contribution is 0.459. The Bertz CT molecular complexity index is 1090. The number of ether oxygens (including phenoxy) is 1. The lowest BCUT2D eigenvalue weighted by atomic mass is 10.3. The van der Waals surface area contributed by atoms with E-state index in [1.54, 1.807) is 25.1 Å². The summed E-state index contributed by atoms with van der Waals surface area (Å²) in [5.74, 6) is 0.612. The highest BCUT2D eigenvalue weighted by atomic mass is 35.5. The van der Waals surface area contributed by atoms with Gasteiger partial charge in [0.05, 0.1) is 21.4 Å². The van der Waals surface area contributed by atoms with Gasteiger partial charge in [-0.1, -0.05) is 34.8 Å². The van der Waals surface area contributed by atoms with Gasteiger partial charge in [-0.25, -0.2) is 13.4 Å². The Labute approximate surface area is 171 Å². The van der Waals surface area contributed by atoms with Gasteiger partial charge in [0.2, 0.25) is 5.88 Å². The maximum atomic E-state index is 12.6. The topological polar surface area (TPSA) is 69.2 Å². The van der Waals surface area contributed by atoms with Crippen LogP contribution in [0.5, 0.6) is 11.6 Å². The van der Waals surface area contributed by atoms with E-state index < -0.39 is 9.84 Å². The highest BCUT2D eigenvalue weighted by Crippen LogP contribution is 2.31. The molecule has 0 fully saturated rings. The minimum Gasteiger partial charge on any atom is -0.437 e. The first kappa shape index (κ1) is 19.9. The zero-order valence-corrected chi connectivity index (χ0v) is 17.1. The van der Waals surface area contributed by atoms with Crippen molar-refractivity contribution in [3.63, 3.8) is 0 Å². The Morgan fingerprint density at radius 2 is 1.59 bits per heavy atom. The van der Waals surface area contributed by atoms with E-state index in [-0.39, 0.29) is 16.5 Å². The fraction of sp³-hybridized carbons (Fsp3) is 0.111. The van der Waals surface area contributed by atoms with Crippen molar-refractivity contribution in [1.82, 2.24) is 9.97 Å². The molecule has 0 aliphatic carbocycles. The maximum Gasteiger partial charge on any atom is 0.222 e. The molecule has 140 valence electrons. The van der Waals surface area contributed by atoms with E-state index in [1.165, 1.54) is 30.3 Å². The van der Waals surface area contributed by atoms with Gasteiger partial charge in [0.25, 0.3) is 0 Å². The van der Waals surface area contributed by atoms with Crippen LogP contribution in [0.1, 0.15) is 11.5 Å². The fourth-order valence-electron chi connectivity index (χ4n) is 2.32. The van der Waals surface area contributed by atoms with Gasteiger partial charge in [0.1, 0.15) is 11.6 Å². The summed E-state index contributed by atoms with van der Waals surface area (Å²) in [5, 5.41) is 1.25. The Balaban J connectivity index is 1.88. The molecule has 3 aromatic rings. The van der Waals surface area contributed by atoms with E-state index in [2.05, 4.69) is 9.97 Å². The van der Waals surface area contributed by atoms with Crippen LogP contribution in [0.25, 0.3) is 0 Å². The number of hydrogen-bond acceptors (Lipinski definition) is 5. The molecule has 0 saturated carbocycles. The van der Waals surface area contributed by atoms with Gasteiger partial charge in [-0.05, 0) is 49.4 Å². The second-order valence-corrected chi connectivity index (χ2v) is 8.90. The van der Waals surface area contributed by atoms with Crippen LogP contribution >= 0.6 is 34.8 Å². The average Bonchev–Trinajstić information content (AvgIpc) is 2.57. The minimum absolute atomic E-state index is 0.159. The van der Waals surface area contributed by atoms with Crippen LogP contribution in [-0.4, -0.2) is 18.4 Å². The number of nitrogens with zero attached hydrogens (tertiary/aromatic N) is 2. The highest BCUT2D eigenvalue weighted by Gasteiger charge is 2.18. The SMILES string of the molecule is Cc1nc(CS(=O)(=O)c2ccc(Cl)cc2)cc(Oc2ccc(Cl)cc2Cl)n1. The quantitative estimate of drug-likeness (QED) is 0.520. The van der Waals surface area contributed by atoms with Crippen molar-refractivity contribution in [2.24, 2.45) is 0 Å². The molecule has 0 unspecified atom stereocenters. The van der Waals surface area contributed by atoms with E-state index in [0.29, 0.717) is 32.3 Å². The molecule has 0 spiro atoms. The standard InChI is InChI=1S/C18H13Cl3N2O3S/c1-11-22-14(10-27(24,25)15-5-2-12(19)3-6-15)9-18(23-11)26-17-7-4-13(20)8-16(17)21/h2-9H,10H2,1H3. The summed E-state index contributed by atoms with van der Waals surface area (Å²) in [6, 6.07) is 12.2. The first-order chi connectivity index (χ1) is 12.7. The van der Waals surface area contributed by atoms with Crippen LogP contribution in [0.4, 0.5) is 0 Å². The molecule has 0 radical (unpaired) electrons. The molecule has 27 heavy (non-hydrogen) atoms. The molecule has 9 heteroatoms. The Morgan fingerprint density at radius 3 is 2.26 bits per heavy atom. The zero-order chi connectivity index (χ0) is 19.6. The molecule has 1 heterocycles. The van der Waals surface area contributed by atoms with Crippen molar-refractivity contribution < 1.29 is 13.2 Å². The van der Waals surface area contributed by atoms with Gasteiger partial charge in [-0.2, -0.15) is 4.98 Å². The second kappa shape index (κ2) is 8.02. The third-order valence-electron chi connectivity index (χ3n) is 3.49. The summed E-state index contributed by atoms with van der Waals surface area (Å²) in [6.45, 7) is 1.65. The molecule has 0 bridgehead atoms. The molecule has 0 saturated heterocycles. The maximum absolute atomic E-state index is 12.6. The van der Waals surface area contributed by atoms with Crippen molar-refractivity contribution in [2.75, 3.05) is 0 Å². The molecular formula is C18H13Cl3N2O3S. The predicted molar refractivity (Wildman–Crippen MR) is 106 cm³/mol. The number of halogens is 3. The Morgan fingerprint density at radius 1 is 0.926 bits per heavy atom. The third kappa shape index (κ3) is 5.11. The minimum atomic E-state index is -3.60. The van der Waals surface area contributed by atoms with Gasteiger partial charge in [0.15, 0.2) is 9.84 Å². The number of hydrogen-bond donors (Lipinski definition) is 0. The zero-order valence-electron chi connectivity index (χ0n) is 14.0. The summed E-state index contributed by atoms with van der Waals surface area (Å²) >= 11 is 17.8. The highest BCUT2D eigenvalue weighted by molar-refractivity contribution is 7.90. The van der Waals surface area contributed by atoms with E-state index >= 15 is 0 Å². The third-order valence-corrected chi connectivity index (χ3v) is 5.94. The number of sulfone groups is 1. The first-order valence-corrected chi connectivity index (χ1v) is 10.5. The van der Waals surface area contributed by atoms with E-state index in [1.807, 2.05) is 0 Å². The Hall–Kier alpha value is -1.86. The molecule has 0 N–H and O–H groups in total. The average molecular weight is 444 g/mol. The van der Waals surface area contributed by atoms with Crippen LogP contribution < -0.4 is 4.74 Å². The molecule has 3 rings (SSSR count). The number of aromatic nitrogens is 2. The summed E-state index contributed by atoms with van der Waals surface area (Å²) < 4.78 is 30.9. The second-order valence-electron chi connectivity index (χ2n) is 5.63. The van der Waals surface area contributed by atoms with Crippen LogP contribution in [-0.2, 0) is 15.6 Å². The van der Waals surface area contributed by atoms with Crippen LogP contribution in [0.15, 0.2) is 53.4 Å². The lowest BCUT2D eigenvalue weighted by Gasteiger charge is -2.10. The van der Waals surface area contributed by atoms with Crippen LogP contribution in [0.3, 0.4) is 0 Å². The largest absolute Gasteiger partial charge is 0.437 e. The van der Waals surface area contributed by atoms with Gasteiger partial charge in [-0.15, -0.1) is 0 Å². The first-order valence-electron chi connectivity index (χ1n) is 7.69. The molecule has 0 atom stereocenters. The van der Waals surface area contributed by atoms with E-state index in [0.717, 1.165) is 0 Å². The van der Waals surface area contributed by atoms with Gasteiger partial charge in [-0.3, -0.25) is 0 Å². The molecule has 5 nitrogen and oxygen atoms in total. The van der Waals surface area contributed by atoms with Crippen molar-refractivity contribution >= 4 is 44.6 Å². The van der Waals surface area contributed by atoms with E-state index in [9.17, 15) is 8.42 Å². The van der Waals surface area contributed by atoms with Crippen molar-refractivity contribution in [3.05, 3.63) is 75.1 Å². The number of benzene rings is 2. The summed E-state index contributed by atoms with van der Waals surface area (Å²) in [4.78, 5) is 8.52. The van der Waals surface area contributed by atoms with E-state index in [4.69, 9.17) is 39.5 Å². The molecule has 0 amide bonds. The Kier molecular flexibility index (Phi) is 5.91. The lowest BCUT2D eigenvalue weighted by Crippen LogP contribution is -2.08. The monoisotopic (exact) mass is 442 g/mol. The normalized spacial score (nSPS) is 11.4. The van der Waals surface area contributed by atoms with Crippen molar-refractivity contribution in [3.8, 4) is 11.6 Å². The smallest absolute Gasteiger partial charge is 0.222 e.